The van der Waals surface area contributed by atoms with Crippen LogP contribution in [0.4, 0.5) is 0 Å². The third-order valence-electron chi connectivity index (χ3n) is 15.2. The highest BCUT2D eigenvalue weighted by Crippen LogP contribution is 2.64. The molecule has 0 saturated heterocycles. The predicted octanol–water partition coefficient (Wildman–Crippen LogP) is 10.3. The van der Waals surface area contributed by atoms with Gasteiger partial charge in [0.2, 0.25) is 0 Å². The molecule has 6 aliphatic rings. The van der Waals surface area contributed by atoms with E-state index in [0.717, 1.165) is 44.9 Å². The van der Waals surface area contributed by atoms with Crippen LogP contribution in [0.2, 0.25) is 0 Å². The zero-order chi connectivity index (χ0) is 36.6. The number of hydrogen-bond acceptors (Lipinski definition) is 6. The van der Waals surface area contributed by atoms with Crippen molar-refractivity contribution in [1.82, 2.24) is 0 Å². The normalized spacial score (nSPS) is 37.5. The third-order valence-corrected chi connectivity index (χ3v) is 15.2. The first-order chi connectivity index (χ1) is 24.2. The molecule has 0 heterocycles. The van der Waals surface area contributed by atoms with Crippen molar-refractivity contribution in [2.45, 2.75) is 132 Å². The lowest BCUT2D eigenvalue weighted by molar-refractivity contribution is -0.182. The van der Waals surface area contributed by atoms with Crippen molar-refractivity contribution in [2.75, 3.05) is 33.2 Å². The molecule has 284 valence electrons. The summed E-state index contributed by atoms with van der Waals surface area (Å²) < 4.78 is 23.1. The van der Waals surface area contributed by atoms with Crippen LogP contribution in [-0.4, -0.2) is 45.2 Å². The second-order valence-corrected chi connectivity index (χ2v) is 18.7. The second-order valence-electron chi connectivity index (χ2n) is 18.7. The molecule has 0 aromatic heterocycles. The van der Waals surface area contributed by atoms with Crippen molar-refractivity contribution < 1.29 is 28.5 Å². The first-order valence-electron chi connectivity index (χ1n) is 20.5. The van der Waals surface area contributed by atoms with E-state index in [0.29, 0.717) is 49.4 Å². The first-order valence-corrected chi connectivity index (χ1v) is 20.5. The number of carbonyl (C=O) groups excluding carboxylic acids is 2. The molecule has 2 fully saturated rings. The van der Waals surface area contributed by atoms with Gasteiger partial charge in [0, 0.05) is 0 Å². The zero-order valence-corrected chi connectivity index (χ0v) is 33.2. The van der Waals surface area contributed by atoms with E-state index in [2.05, 4.69) is 79.7 Å². The third kappa shape index (κ3) is 7.23. The van der Waals surface area contributed by atoms with Crippen LogP contribution in [0.5, 0.6) is 0 Å². The maximum Gasteiger partial charge on any atom is 0.314 e. The van der Waals surface area contributed by atoms with Crippen molar-refractivity contribution >= 4 is 11.9 Å². The molecule has 51 heavy (non-hydrogen) atoms. The molecule has 6 heteroatoms. The molecule has 8 unspecified atom stereocenters. The van der Waals surface area contributed by atoms with Crippen LogP contribution >= 0.6 is 0 Å². The average Bonchev–Trinajstić information content (AvgIpc) is 3.10. The van der Waals surface area contributed by atoms with Gasteiger partial charge in [-0.3, -0.25) is 9.59 Å². The second kappa shape index (κ2) is 15.3. The molecule has 8 atom stereocenters. The molecule has 0 N–H and O–H groups in total. The molecule has 0 amide bonds. The van der Waals surface area contributed by atoms with E-state index < -0.39 is 10.8 Å². The smallest absolute Gasteiger partial charge is 0.314 e. The average molecular weight is 705 g/mol. The Hall–Kier alpha value is -2.18. The van der Waals surface area contributed by atoms with Gasteiger partial charge in [-0.05, 0) is 136 Å². The number of fused-ring (bicyclic) bond motifs is 6. The van der Waals surface area contributed by atoms with Crippen molar-refractivity contribution in [2.24, 2.45) is 57.2 Å². The first kappa shape index (κ1) is 38.5. The van der Waals surface area contributed by atoms with E-state index >= 15 is 0 Å². The van der Waals surface area contributed by atoms with Gasteiger partial charge in [-0.25, -0.2) is 0 Å². The van der Waals surface area contributed by atoms with E-state index in [9.17, 15) is 9.59 Å². The molecule has 2 saturated carbocycles. The highest BCUT2D eigenvalue weighted by atomic mass is 16.7. The Kier molecular flexibility index (Phi) is 11.5. The van der Waals surface area contributed by atoms with Gasteiger partial charge in [0.25, 0.3) is 0 Å². The minimum absolute atomic E-state index is 0.0640. The largest absolute Gasteiger partial charge is 0.463 e. The molecule has 6 aliphatic carbocycles. The summed E-state index contributed by atoms with van der Waals surface area (Å²) in [5.41, 5.74) is 5.40. The molecular formula is C45H68O6. The van der Waals surface area contributed by atoms with Gasteiger partial charge < -0.3 is 18.9 Å². The Labute approximate surface area is 309 Å². The van der Waals surface area contributed by atoms with Gasteiger partial charge >= 0.3 is 11.9 Å². The summed E-state index contributed by atoms with van der Waals surface area (Å²) in [4.78, 5) is 27.2. The number of hydrogen-bond donors (Lipinski definition) is 0. The Morgan fingerprint density at radius 1 is 0.647 bits per heavy atom. The molecule has 0 aliphatic heterocycles. The van der Waals surface area contributed by atoms with Crippen molar-refractivity contribution in [3.8, 4) is 0 Å². The summed E-state index contributed by atoms with van der Waals surface area (Å²) in [5, 5.41) is 0. The van der Waals surface area contributed by atoms with Crippen LogP contribution < -0.4 is 0 Å². The van der Waals surface area contributed by atoms with E-state index in [1.165, 1.54) is 43.3 Å². The monoisotopic (exact) mass is 705 g/mol. The molecule has 0 spiro atoms. The molecular weight excluding hydrogens is 636 g/mol. The van der Waals surface area contributed by atoms with Gasteiger partial charge in [-0.2, -0.15) is 0 Å². The van der Waals surface area contributed by atoms with E-state index in [-0.39, 0.29) is 42.1 Å². The standard InChI is InChI=1S/C45H68O6/c1-30(2)32-11-15-36-34(27-32)13-17-38-42(36,5)19-9-21-44(38,7)40(46)50-26-25-48-23-24-49-29-51-41(47)45(8)22-10-20-43(6)37-16-12-33(31(3)4)28-35(37)14-18-39(43)45/h13-14,27-28,30-31,36-39H,9-12,15-26,29H2,1-8H3. The van der Waals surface area contributed by atoms with Crippen LogP contribution in [-0.2, 0) is 28.5 Å². The Morgan fingerprint density at radius 3 is 1.59 bits per heavy atom. The Balaban J connectivity index is 0.917. The lowest BCUT2D eigenvalue weighted by Gasteiger charge is -2.57. The summed E-state index contributed by atoms with van der Waals surface area (Å²) >= 11 is 0. The molecule has 0 bridgehead atoms. The quantitative estimate of drug-likeness (QED) is 0.114. The number of esters is 2. The van der Waals surface area contributed by atoms with Gasteiger partial charge in [0.15, 0.2) is 6.79 Å². The van der Waals surface area contributed by atoms with E-state index in [4.69, 9.17) is 18.9 Å². The van der Waals surface area contributed by atoms with E-state index in [1.807, 2.05) is 0 Å². The van der Waals surface area contributed by atoms with Gasteiger partial charge in [0.1, 0.15) is 6.61 Å². The highest BCUT2D eigenvalue weighted by molar-refractivity contribution is 5.78. The van der Waals surface area contributed by atoms with Gasteiger partial charge in [-0.1, -0.05) is 89.8 Å². The number of ether oxygens (including phenoxy) is 4. The SMILES string of the molecule is CC(C)C1=CC2=CCC3C(C)(C(=O)OCCOCCOCOC(=O)C4(C)CCCC5(C)C6CCC(C(C)C)=CC6=CCC45)CCCC3(C)C2CC1. The summed E-state index contributed by atoms with van der Waals surface area (Å²) in [6.45, 7) is 19.5. The number of allylic oxidation sites excluding steroid dienone is 8. The van der Waals surface area contributed by atoms with Crippen LogP contribution in [0.15, 0.2) is 46.6 Å². The van der Waals surface area contributed by atoms with Gasteiger partial charge in [0.05, 0.1) is 30.7 Å². The predicted molar refractivity (Wildman–Crippen MR) is 202 cm³/mol. The Bertz CT molecular complexity index is 1330. The number of rotatable bonds is 12. The van der Waals surface area contributed by atoms with Crippen molar-refractivity contribution in [3.05, 3.63) is 46.6 Å². The molecule has 6 rings (SSSR count). The van der Waals surface area contributed by atoms with Crippen molar-refractivity contribution in [1.29, 1.82) is 0 Å². The minimum atomic E-state index is -0.506. The van der Waals surface area contributed by atoms with Crippen molar-refractivity contribution in [3.63, 3.8) is 0 Å². The van der Waals surface area contributed by atoms with Crippen LogP contribution in [0.25, 0.3) is 0 Å². The maximum absolute atomic E-state index is 13.6. The molecule has 0 aromatic carbocycles. The minimum Gasteiger partial charge on any atom is -0.463 e. The fourth-order valence-electron chi connectivity index (χ4n) is 12.1. The van der Waals surface area contributed by atoms with Crippen LogP contribution in [0, 0.1) is 57.2 Å². The topological polar surface area (TPSA) is 71.1 Å². The number of carbonyl (C=O) groups is 2. The van der Waals surface area contributed by atoms with Crippen LogP contribution in [0.1, 0.15) is 132 Å². The highest BCUT2D eigenvalue weighted by Gasteiger charge is 2.59. The molecule has 0 aromatic rings. The summed E-state index contributed by atoms with van der Waals surface area (Å²) in [5.74, 6) is 2.61. The maximum atomic E-state index is 13.6. The summed E-state index contributed by atoms with van der Waals surface area (Å²) in [6.07, 6.45) is 22.6. The van der Waals surface area contributed by atoms with Gasteiger partial charge in [-0.15, -0.1) is 0 Å². The summed E-state index contributed by atoms with van der Waals surface area (Å²) in [6, 6.07) is 0. The zero-order valence-electron chi connectivity index (χ0n) is 33.2. The molecule has 0 radical (unpaired) electrons. The lowest BCUT2D eigenvalue weighted by atomic mass is 9.47. The Morgan fingerprint density at radius 2 is 1.10 bits per heavy atom. The molecule has 6 nitrogen and oxygen atoms in total. The fourth-order valence-corrected chi connectivity index (χ4v) is 12.1. The fraction of sp³-hybridized carbons (Fsp3) is 0.778. The van der Waals surface area contributed by atoms with E-state index in [1.54, 1.807) is 11.1 Å². The lowest BCUT2D eigenvalue weighted by Crippen LogP contribution is -2.53. The summed E-state index contributed by atoms with van der Waals surface area (Å²) in [7, 11) is 0. The van der Waals surface area contributed by atoms with Crippen LogP contribution in [0.3, 0.4) is 0 Å².